The van der Waals surface area contributed by atoms with Crippen molar-refractivity contribution in [3.63, 3.8) is 0 Å². The van der Waals surface area contributed by atoms with Crippen LogP contribution in [-0.4, -0.2) is 12.5 Å². The van der Waals surface area contributed by atoms with Gasteiger partial charge in [0.05, 0.1) is 0 Å². The van der Waals surface area contributed by atoms with Crippen LogP contribution in [0.1, 0.15) is 26.7 Å². The highest BCUT2D eigenvalue weighted by molar-refractivity contribution is 5.92. The van der Waals surface area contributed by atoms with Gasteiger partial charge in [0.2, 0.25) is 5.91 Å². The fraction of sp³-hybridized carbons (Fsp3) is 0.500. The number of benzene rings is 1. The molecule has 2 aliphatic carbocycles. The molecule has 2 N–H and O–H groups in total. The minimum Gasteiger partial charge on any atom is -0.385 e. The Balaban J connectivity index is 1.56. The monoisotopic (exact) mass is 284 g/mol. The number of carbonyl (C=O) groups excluding carboxylic acids is 1. The maximum Gasteiger partial charge on any atom is 0.226 e. The summed E-state index contributed by atoms with van der Waals surface area (Å²) in [5, 5.41) is 6.48. The quantitative estimate of drug-likeness (QED) is 0.805. The van der Waals surface area contributed by atoms with Gasteiger partial charge in [-0.05, 0) is 48.8 Å². The molecule has 0 aliphatic heterocycles. The van der Waals surface area contributed by atoms with Gasteiger partial charge in [0.1, 0.15) is 0 Å². The van der Waals surface area contributed by atoms with Crippen LogP contribution >= 0.6 is 0 Å². The van der Waals surface area contributed by atoms with E-state index in [1.165, 1.54) is 12.8 Å². The van der Waals surface area contributed by atoms with Crippen LogP contribution in [-0.2, 0) is 4.79 Å². The Morgan fingerprint density at radius 2 is 2.05 bits per heavy atom. The van der Waals surface area contributed by atoms with Crippen molar-refractivity contribution >= 4 is 17.3 Å². The van der Waals surface area contributed by atoms with Gasteiger partial charge in [-0.1, -0.05) is 32.1 Å². The van der Waals surface area contributed by atoms with E-state index in [0.29, 0.717) is 0 Å². The lowest BCUT2D eigenvalue weighted by Gasteiger charge is -2.19. The van der Waals surface area contributed by atoms with Gasteiger partial charge in [0, 0.05) is 23.8 Å². The Morgan fingerprint density at radius 3 is 2.71 bits per heavy atom. The van der Waals surface area contributed by atoms with Crippen LogP contribution in [0.3, 0.4) is 0 Å². The molecule has 0 spiro atoms. The van der Waals surface area contributed by atoms with Gasteiger partial charge in [0.25, 0.3) is 0 Å². The van der Waals surface area contributed by atoms with Gasteiger partial charge in [-0.25, -0.2) is 0 Å². The van der Waals surface area contributed by atoms with Crippen molar-refractivity contribution in [2.75, 3.05) is 17.2 Å². The summed E-state index contributed by atoms with van der Waals surface area (Å²) in [6, 6.07) is 8.00. The molecule has 3 rings (SSSR count). The average molecular weight is 284 g/mol. The molecule has 3 nitrogen and oxygen atoms in total. The van der Waals surface area contributed by atoms with Crippen LogP contribution < -0.4 is 10.6 Å². The van der Waals surface area contributed by atoms with E-state index in [1.54, 1.807) is 0 Å². The number of rotatable bonds is 5. The zero-order valence-corrected chi connectivity index (χ0v) is 12.8. The summed E-state index contributed by atoms with van der Waals surface area (Å²) in [5.74, 6) is 2.41. The molecule has 1 aromatic carbocycles. The van der Waals surface area contributed by atoms with Crippen molar-refractivity contribution in [2.45, 2.75) is 26.7 Å². The third-order valence-electron chi connectivity index (χ3n) is 4.64. The standard InChI is InChI=1S/C18H24N2O/c1-12(2)18(21)20-17-5-3-4-16(10-17)19-11-15-9-13-6-7-14(15)8-13/h3-7,10,12-15,19H,8-9,11H2,1-2H3,(H,20,21). The lowest BCUT2D eigenvalue weighted by atomic mass is 9.93. The zero-order chi connectivity index (χ0) is 14.8. The molecule has 1 amide bonds. The first-order valence-corrected chi connectivity index (χ1v) is 7.95. The van der Waals surface area contributed by atoms with Crippen LogP contribution in [0.2, 0.25) is 0 Å². The summed E-state index contributed by atoms with van der Waals surface area (Å²) >= 11 is 0. The number of hydrogen-bond donors (Lipinski definition) is 2. The maximum atomic E-state index is 11.7. The van der Waals surface area contributed by atoms with Crippen molar-refractivity contribution in [2.24, 2.45) is 23.7 Å². The van der Waals surface area contributed by atoms with Gasteiger partial charge in [-0.2, -0.15) is 0 Å². The Kier molecular flexibility index (Phi) is 4.00. The SMILES string of the molecule is CC(C)C(=O)Nc1cccc(NCC2CC3C=CC2C3)c1. The predicted molar refractivity (Wildman–Crippen MR) is 87.2 cm³/mol. The van der Waals surface area contributed by atoms with Crippen LogP contribution in [0.5, 0.6) is 0 Å². The van der Waals surface area contributed by atoms with Gasteiger partial charge < -0.3 is 10.6 Å². The predicted octanol–water partition coefficient (Wildman–Crippen LogP) is 3.91. The largest absolute Gasteiger partial charge is 0.385 e. The minimum atomic E-state index is 0.00226. The normalized spacial score (nSPS) is 26.3. The van der Waals surface area contributed by atoms with E-state index in [4.69, 9.17) is 0 Å². The fourth-order valence-corrected chi connectivity index (χ4v) is 3.37. The average Bonchev–Trinajstić information content (AvgIpc) is 3.08. The summed E-state index contributed by atoms with van der Waals surface area (Å²) < 4.78 is 0. The zero-order valence-electron chi connectivity index (χ0n) is 12.8. The van der Waals surface area contributed by atoms with Crippen LogP contribution in [0, 0.1) is 23.7 Å². The van der Waals surface area contributed by atoms with E-state index in [-0.39, 0.29) is 11.8 Å². The summed E-state index contributed by atoms with van der Waals surface area (Å²) in [6.45, 7) is 4.83. The second-order valence-electron chi connectivity index (χ2n) is 6.65. The Hall–Kier alpha value is -1.77. The van der Waals surface area contributed by atoms with Gasteiger partial charge in [-0.3, -0.25) is 4.79 Å². The lowest BCUT2D eigenvalue weighted by Crippen LogP contribution is -2.19. The molecule has 2 aliphatic rings. The number of nitrogens with one attached hydrogen (secondary N) is 2. The number of hydrogen-bond acceptors (Lipinski definition) is 2. The van der Waals surface area contributed by atoms with Crippen molar-refractivity contribution < 1.29 is 4.79 Å². The van der Waals surface area contributed by atoms with Gasteiger partial charge >= 0.3 is 0 Å². The molecule has 0 radical (unpaired) electrons. The van der Waals surface area contributed by atoms with E-state index in [2.05, 4.69) is 28.9 Å². The fourth-order valence-electron chi connectivity index (χ4n) is 3.37. The lowest BCUT2D eigenvalue weighted by molar-refractivity contribution is -0.118. The van der Waals surface area contributed by atoms with Crippen molar-refractivity contribution in [3.05, 3.63) is 36.4 Å². The van der Waals surface area contributed by atoms with Crippen molar-refractivity contribution in [1.29, 1.82) is 0 Å². The molecule has 112 valence electrons. The molecule has 2 bridgehead atoms. The number of carbonyl (C=O) groups is 1. The molecule has 1 aromatic rings. The molecule has 1 fully saturated rings. The molecule has 3 atom stereocenters. The first-order chi connectivity index (χ1) is 10.1. The van der Waals surface area contributed by atoms with Gasteiger partial charge in [0.15, 0.2) is 0 Å². The van der Waals surface area contributed by atoms with E-state index in [1.807, 2.05) is 32.0 Å². The second kappa shape index (κ2) is 5.92. The molecule has 0 aromatic heterocycles. The summed E-state index contributed by atoms with van der Waals surface area (Å²) in [6.07, 6.45) is 7.43. The summed E-state index contributed by atoms with van der Waals surface area (Å²) in [5.41, 5.74) is 1.95. The van der Waals surface area contributed by atoms with Crippen molar-refractivity contribution in [1.82, 2.24) is 0 Å². The summed E-state index contributed by atoms with van der Waals surface area (Å²) in [7, 11) is 0. The molecular formula is C18H24N2O. The number of amides is 1. The third kappa shape index (κ3) is 3.29. The topological polar surface area (TPSA) is 41.1 Å². The maximum absolute atomic E-state index is 11.7. The molecule has 1 saturated carbocycles. The highest BCUT2D eigenvalue weighted by Gasteiger charge is 2.35. The van der Waals surface area contributed by atoms with E-state index >= 15 is 0 Å². The van der Waals surface area contributed by atoms with E-state index < -0.39 is 0 Å². The van der Waals surface area contributed by atoms with E-state index in [9.17, 15) is 4.79 Å². The number of fused-ring (bicyclic) bond motifs is 2. The summed E-state index contributed by atoms with van der Waals surface area (Å²) in [4.78, 5) is 11.7. The Morgan fingerprint density at radius 1 is 1.24 bits per heavy atom. The first kappa shape index (κ1) is 14.2. The van der Waals surface area contributed by atoms with E-state index in [0.717, 1.165) is 35.7 Å². The molecule has 21 heavy (non-hydrogen) atoms. The molecule has 0 saturated heterocycles. The van der Waals surface area contributed by atoms with Crippen LogP contribution in [0.25, 0.3) is 0 Å². The molecule has 0 heterocycles. The smallest absolute Gasteiger partial charge is 0.226 e. The molecule has 3 unspecified atom stereocenters. The third-order valence-corrected chi connectivity index (χ3v) is 4.64. The number of allylic oxidation sites excluding steroid dienone is 2. The Bertz CT molecular complexity index is 550. The molecule has 3 heteroatoms. The van der Waals surface area contributed by atoms with Gasteiger partial charge in [-0.15, -0.1) is 0 Å². The first-order valence-electron chi connectivity index (χ1n) is 7.95. The van der Waals surface area contributed by atoms with Crippen LogP contribution in [0.4, 0.5) is 11.4 Å². The minimum absolute atomic E-state index is 0.00226. The number of anilines is 2. The van der Waals surface area contributed by atoms with Crippen LogP contribution in [0.15, 0.2) is 36.4 Å². The Labute approximate surface area is 126 Å². The van der Waals surface area contributed by atoms with Crippen molar-refractivity contribution in [3.8, 4) is 0 Å². The molecular weight excluding hydrogens is 260 g/mol. The second-order valence-corrected chi connectivity index (χ2v) is 6.65. The highest BCUT2D eigenvalue weighted by atomic mass is 16.1. The highest BCUT2D eigenvalue weighted by Crippen LogP contribution is 2.43.